The number of halogens is 1. The Balaban J connectivity index is 0.00000144. The van der Waals surface area contributed by atoms with Crippen molar-refractivity contribution in [2.45, 2.75) is 18.4 Å². The molecule has 1 rings (SSSR count). The minimum absolute atomic E-state index is 0. The van der Waals surface area contributed by atoms with Gasteiger partial charge in [0.15, 0.2) is 0 Å². The van der Waals surface area contributed by atoms with Crippen molar-refractivity contribution in [2.24, 2.45) is 11.7 Å². The van der Waals surface area contributed by atoms with Crippen LogP contribution in [0.15, 0.2) is 0 Å². The maximum Gasteiger partial charge on any atom is 0.325 e. The number of carboxylic acid groups (broad SMARTS) is 1. The summed E-state index contributed by atoms with van der Waals surface area (Å²) >= 11 is 0. The average Bonchev–Trinajstić information content (AvgIpc) is 1.96. The van der Waals surface area contributed by atoms with E-state index in [1.165, 1.54) is 7.11 Å². The molecule has 0 unspecified atom stereocenters. The Kier molecular flexibility index (Phi) is 3.69. The Hall–Kier alpha value is -0.810. The van der Waals surface area contributed by atoms with Crippen LogP contribution < -0.4 is 5.73 Å². The van der Waals surface area contributed by atoms with Gasteiger partial charge in [-0.1, -0.05) is 0 Å². The summed E-state index contributed by atoms with van der Waals surface area (Å²) < 4.78 is 4.43. The predicted octanol–water partition coefficient (Wildman–Crippen LogP) is -0.227. The summed E-state index contributed by atoms with van der Waals surface area (Å²) in [6.45, 7) is 0. The molecule has 0 radical (unpaired) electrons. The first-order valence-electron chi connectivity index (χ1n) is 3.60. The van der Waals surface area contributed by atoms with Gasteiger partial charge in [0.2, 0.25) is 0 Å². The maximum absolute atomic E-state index is 10.9. The third kappa shape index (κ3) is 2.10. The fourth-order valence-electron chi connectivity index (χ4n) is 1.36. The third-order valence-corrected chi connectivity index (χ3v) is 2.16. The highest BCUT2D eigenvalue weighted by molar-refractivity contribution is 5.86. The van der Waals surface area contributed by atoms with E-state index >= 15 is 0 Å². The number of nitrogens with two attached hydrogens (primary N) is 1. The molecule has 0 heterocycles. The van der Waals surface area contributed by atoms with Crippen LogP contribution in [-0.4, -0.2) is 29.7 Å². The Morgan fingerprint density at radius 3 is 2.31 bits per heavy atom. The fourth-order valence-corrected chi connectivity index (χ4v) is 1.36. The molecular weight excluding hydrogens is 198 g/mol. The van der Waals surface area contributed by atoms with Crippen molar-refractivity contribution in [3.05, 3.63) is 0 Å². The second-order valence-electron chi connectivity index (χ2n) is 3.09. The zero-order valence-corrected chi connectivity index (χ0v) is 7.97. The van der Waals surface area contributed by atoms with Gasteiger partial charge in [0.05, 0.1) is 13.0 Å². The molecule has 1 saturated carbocycles. The highest BCUT2D eigenvalue weighted by Gasteiger charge is 2.50. The summed E-state index contributed by atoms with van der Waals surface area (Å²) in [5, 5.41) is 8.51. The maximum atomic E-state index is 10.9. The molecule has 0 saturated heterocycles. The first-order valence-corrected chi connectivity index (χ1v) is 3.60. The van der Waals surface area contributed by atoms with Gasteiger partial charge in [-0.15, -0.1) is 12.4 Å². The van der Waals surface area contributed by atoms with Crippen molar-refractivity contribution in [2.75, 3.05) is 7.11 Å². The van der Waals surface area contributed by atoms with E-state index in [4.69, 9.17) is 10.8 Å². The molecule has 1 aliphatic rings. The van der Waals surface area contributed by atoms with Crippen molar-refractivity contribution in [3.8, 4) is 0 Å². The largest absolute Gasteiger partial charge is 0.481 e. The molecule has 5 nitrogen and oxygen atoms in total. The van der Waals surface area contributed by atoms with Crippen LogP contribution in [-0.2, 0) is 14.3 Å². The van der Waals surface area contributed by atoms with Crippen LogP contribution in [0.4, 0.5) is 0 Å². The third-order valence-electron chi connectivity index (χ3n) is 2.16. The number of methoxy groups -OCH3 is 1. The van der Waals surface area contributed by atoms with E-state index in [2.05, 4.69) is 4.74 Å². The van der Waals surface area contributed by atoms with Crippen LogP contribution in [0.5, 0.6) is 0 Å². The lowest BCUT2D eigenvalue weighted by atomic mass is 9.69. The van der Waals surface area contributed by atoms with Crippen molar-refractivity contribution in [1.82, 2.24) is 0 Å². The summed E-state index contributed by atoms with van der Waals surface area (Å²) in [7, 11) is 1.24. The van der Waals surface area contributed by atoms with Crippen LogP contribution in [0, 0.1) is 5.92 Å². The molecule has 1 aliphatic carbocycles. The molecule has 0 aliphatic heterocycles. The van der Waals surface area contributed by atoms with Gasteiger partial charge in [-0.25, -0.2) is 0 Å². The molecule has 0 aromatic rings. The quantitative estimate of drug-likeness (QED) is 0.614. The normalized spacial score (nSPS) is 31.1. The molecule has 0 spiro atoms. The van der Waals surface area contributed by atoms with E-state index in [-0.39, 0.29) is 25.2 Å². The molecule has 0 bridgehead atoms. The number of aliphatic carboxylic acids is 1. The number of carboxylic acids is 1. The number of ether oxygens (including phenoxy) is 1. The van der Waals surface area contributed by atoms with Crippen LogP contribution in [0.3, 0.4) is 0 Å². The van der Waals surface area contributed by atoms with Gasteiger partial charge in [-0.05, 0) is 12.8 Å². The number of hydrogen-bond acceptors (Lipinski definition) is 4. The van der Waals surface area contributed by atoms with Gasteiger partial charge in [-0.3, -0.25) is 9.59 Å². The first-order chi connectivity index (χ1) is 5.49. The van der Waals surface area contributed by atoms with Crippen molar-refractivity contribution in [3.63, 3.8) is 0 Å². The van der Waals surface area contributed by atoms with Gasteiger partial charge in [-0.2, -0.15) is 0 Å². The molecular formula is C7H12ClNO4. The van der Waals surface area contributed by atoms with Gasteiger partial charge in [0, 0.05) is 0 Å². The van der Waals surface area contributed by atoms with Gasteiger partial charge < -0.3 is 15.6 Å². The van der Waals surface area contributed by atoms with Gasteiger partial charge in [0.25, 0.3) is 0 Å². The predicted molar refractivity (Wildman–Crippen MR) is 46.5 cm³/mol. The fraction of sp³-hybridized carbons (Fsp3) is 0.714. The van der Waals surface area contributed by atoms with Crippen molar-refractivity contribution in [1.29, 1.82) is 0 Å². The Bertz CT molecular complexity index is 225. The molecule has 76 valence electrons. The van der Waals surface area contributed by atoms with Crippen LogP contribution in [0.25, 0.3) is 0 Å². The van der Waals surface area contributed by atoms with Crippen LogP contribution in [0.1, 0.15) is 12.8 Å². The van der Waals surface area contributed by atoms with E-state index in [1.54, 1.807) is 0 Å². The number of esters is 1. The Morgan fingerprint density at radius 2 is 2.00 bits per heavy atom. The second kappa shape index (κ2) is 3.93. The van der Waals surface area contributed by atoms with E-state index in [0.29, 0.717) is 0 Å². The van der Waals surface area contributed by atoms with Crippen LogP contribution >= 0.6 is 12.4 Å². The molecule has 0 atom stereocenters. The summed E-state index contributed by atoms with van der Waals surface area (Å²) in [4.78, 5) is 21.3. The lowest BCUT2D eigenvalue weighted by molar-refractivity contribution is -0.159. The molecule has 1 fully saturated rings. The monoisotopic (exact) mass is 209 g/mol. The van der Waals surface area contributed by atoms with Gasteiger partial charge >= 0.3 is 11.9 Å². The first kappa shape index (κ1) is 12.2. The number of carbonyl (C=O) groups excluding carboxylic acids is 1. The number of carbonyl (C=O) groups is 2. The van der Waals surface area contributed by atoms with Crippen LogP contribution in [0.2, 0.25) is 0 Å². The highest BCUT2D eigenvalue weighted by Crippen LogP contribution is 2.36. The number of hydrogen-bond donors (Lipinski definition) is 2. The molecule has 0 aromatic carbocycles. The summed E-state index contributed by atoms with van der Waals surface area (Å²) in [6.07, 6.45) is 0.351. The molecule has 6 heteroatoms. The van der Waals surface area contributed by atoms with Crippen molar-refractivity contribution < 1.29 is 19.4 Å². The van der Waals surface area contributed by atoms with Gasteiger partial charge in [0.1, 0.15) is 5.54 Å². The second-order valence-corrected chi connectivity index (χ2v) is 3.09. The number of rotatable bonds is 2. The summed E-state index contributed by atoms with van der Waals surface area (Å²) in [5.74, 6) is -1.92. The summed E-state index contributed by atoms with van der Waals surface area (Å²) in [5.41, 5.74) is 4.49. The highest BCUT2D eigenvalue weighted by atomic mass is 35.5. The minimum Gasteiger partial charge on any atom is -0.481 e. The van der Waals surface area contributed by atoms with Crippen molar-refractivity contribution >= 4 is 24.3 Å². The lowest BCUT2D eigenvalue weighted by Gasteiger charge is -2.39. The average molecular weight is 210 g/mol. The van der Waals surface area contributed by atoms with E-state index < -0.39 is 23.4 Å². The Morgan fingerprint density at radius 1 is 1.54 bits per heavy atom. The summed E-state index contributed by atoms with van der Waals surface area (Å²) in [6, 6.07) is 0. The topological polar surface area (TPSA) is 89.6 Å². The molecule has 13 heavy (non-hydrogen) atoms. The molecule has 0 aromatic heterocycles. The zero-order chi connectivity index (χ0) is 9.35. The smallest absolute Gasteiger partial charge is 0.325 e. The zero-order valence-electron chi connectivity index (χ0n) is 7.15. The lowest BCUT2D eigenvalue weighted by Crippen LogP contribution is -2.60. The standard InChI is InChI=1S/C7H11NO4.ClH/c1-12-6(11)7(8)2-4(3-7)5(9)10;/h4H,2-3,8H2,1H3,(H,9,10);1H. The Labute approximate surface area is 81.6 Å². The molecule has 0 amide bonds. The van der Waals surface area contributed by atoms with E-state index in [0.717, 1.165) is 0 Å². The SMILES string of the molecule is COC(=O)C1(N)CC(C(=O)O)C1.Cl. The minimum atomic E-state index is -1.06. The molecule has 3 N–H and O–H groups in total. The van der Waals surface area contributed by atoms with E-state index in [9.17, 15) is 9.59 Å². The van der Waals surface area contributed by atoms with E-state index in [1.807, 2.05) is 0 Å².